The molecule has 1 spiro atoms. The van der Waals surface area contributed by atoms with Crippen molar-refractivity contribution in [3.05, 3.63) is 106 Å². The number of phenolic OH excluding ortho intramolecular Hbond substituents is 2. The highest BCUT2D eigenvalue weighted by Gasteiger charge is 2.54. The van der Waals surface area contributed by atoms with Crippen LogP contribution in [0.15, 0.2) is 71.5 Å². The van der Waals surface area contributed by atoms with Crippen LogP contribution in [0, 0.1) is 0 Å². The summed E-state index contributed by atoms with van der Waals surface area (Å²) in [5, 5.41) is 53.7. The number of benzene rings is 3. The zero-order valence-corrected chi connectivity index (χ0v) is 34.9. The number of carboxylic acids is 1. The van der Waals surface area contributed by atoms with E-state index in [-0.39, 0.29) is 70.2 Å². The van der Waals surface area contributed by atoms with Gasteiger partial charge in [-0.25, -0.2) is 9.59 Å². The number of nitrogens with zero attached hydrogens (tertiary/aromatic N) is 5. The van der Waals surface area contributed by atoms with E-state index in [1.54, 1.807) is 37.4 Å². The molecule has 3 amide bonds. The molecule has 0 bridgehead atoms. The van der Waals surface area contributed by atoms with Gasteiger partial charge in [0, 0.05) is 66.6 Å². The molecule has 5 heterocycles. The number of carbonyl (C=O) groups excluding carboxylic acids is 4. The van der Waals surface area contributed by atoms with Crippen LogP contribution in [-0.4, -0.2) is 106 Å². The predicted molar refractivity (Wildman–Crippen MR) is 226 cm³/mol. The van der Waals surface area contributed by atoms with Gasteiger partial charge in [-0.1, -0.05) is 16.4 Å². The van der Waals surface area contributed by atoms with Gasteiger partial charge in [0.25, 0.3) is 11.8 Å². The summed E-state index contributed by atoms with van der Waals surface area (Å²) in [4.78, 5) is 67.8. The molecule has 330 valence electrons. The van der Waals surface area contributed by atoms with Crippen LogP contribution in [0.3, 0.4) is 0 Å². The van der Waals surface area contributed by atoms with E-state index in [9.17, 15) is 39.3 Å². The van der Waals surface area contributed by atoms with Gasteiger partial charge >= 0.3 is 11.9 Å². The van der Waals surface area contributed by atoms with Crippen molar-refractivity contribution in [1.82, 2.24) is 41.0 Å². The van der Waals surface area contributed by atoms with E-state index >= 15 is 0 Å². The van der Waals surface area contributed by atoms with Crippen molar-refractivity contribution < 1.29 is 53.3 Å². The van der Waals surface area contributed by atoms with Crippen LogP contribution in [0.5, 0.6) is 23.0 Å². The van der Waals surface area contributed by atoms with Crippen LogP contribution < -0.4 is 26.0 Å². The average Bonchev–Trinajstić information content (AvgIpc) is 3.53. The van der Waals surface area contributed by atoms with E-state index in [0.29, 0.717) is 47.5 Å². The Morgan fingerprint density at radius 2 is 1.70 bits per heavy atom. The van der Waals surface area contributed by atoms with Crippen molar-refractivity contribution in [3.63, 3.8) is 0 Å². The lowest BCUT2D eigenvalue weighted by Gasteiger charge is -2.36. The van der Waals surface area contributed by atoms with Gasteiger partial charge in [0.15, 0.2) is 22.2 Å². The number of hydrogen-bond acceptors (Lipinski definition) is 14. The number of fused-ring (bicyclic) bond motifs is 6. The fourth-order valence-electron chi connectivity index (χ4n) is 8.49. The number of hydrogen-bond donors (Lipinski definition) is 7. The second-order valence-corrected chi connectivity index (χ2v) is 16.5. The monoisotopic (exact) mass is 891 g/mol. The summed E-state index contributed by atoms with van der Waals surface area (Å²) in [6.07, 6.45) is 5.36. The fourth-order valence-corrected chi connectivity index (χ4v) is 8.71. The second-order valence-electron chi connectivity index (χ2n) is 16.1. The standard InChI is InChI=1S/C43H41N9O11S/c1-51-20-32(49-50-51)37(55)46-23-15-33(52(19-23)39(57)27-18-45-63-36(27)21-5-6-21)38(56)48-31(40(58)59)4-2-3-13-44-42(64)47-22-7-10-28-26(14-22)41(60)62-43(28)29-11-8-24(53)16-34(29)61-35-17-25(54)9-12-30(35)43/h7-12,14,16-18,20-21,23,31,33,53-54H,2-6,13,15,19H2,1H3,(H,46,55)(H,48,56)(H,58,59)(H2,44,47,64)/t23-,31+,33+/m1/s1. The Labute approximate surface area is 368 Å². The summed E-state index contributed by atoms with van der Waals surface area (Å²) in [7, 11) is 1.61. The molecular formula is C43H41N9O11S. The lowest BCUT2D eigenvalue weighted by Crippen LogP contribution is -2.51. The number of esters is 1. The smallest absolute Gasteiger partial charge is 0.340 e. The van der Waals surface area contributed by atoms with Crippen molar-refractivity contribution in [2.24, 2.45) is 7.05 Å². The van der Waals surface area contributed by atoms with Gasteiger partial charge in [-0.05, 0) is 87.1 Å². The minimum Gasteiger partial charge on any atom is -0.508 e. The number of amides is 3. The minimum absolute atomic E-state index is 0.0221. The number of ether oxygens (including phenoxy) is 2. The van der Waals surface area contributed by atoms with Gasteiger partial charge in [-0.3, -0.25) is 19.1 Å². The maximum absolute atomic E-state index is 13.9. The zero-order valence-electron chi connectivity index (χ0n) is 34.1. The number of anilines is 1. The molecule has 0 unspecified atom stereocenters. The number of aromatic hydroxyl groups is 2. The molecule has 2 fully saturated rings. The van der Waals surface area contributed by atoms with Gasteiger partial charge in [0.2, 0.25) is 5.91 Å². The number of aliphatic carboxylic acids is 1. The summed E-state index contributed by atoms with van der Waals surface area (Å²) in [6.45, 7) is 0.318. The molecule has 1 aliphatic carbocycles. The Hall–Kier alpha value is -7.55. The van der Waals surface area contributed by atoms with Gasteiger partial charge in [0.05, 0.1) is 18.0 Å². The summed E-state index contributed by atoms with van der Waals surface area (Å²) in [5.41, 5.74) is 1.14. The van der Waals surface area contributed by atoms with E-state index in [1.807, 2.05) is 0 Å². The third-order valence-corrected chi connectivity index (χ3v) is 11.9. The van der Waals surface area contributed by atoms with E-state index in [1.165, 1.54) is 46.2 Å². The number of phenols is 2. The fraction of sp³-hybridized carbons (Fsp3) is 0.326. The summed E-state index contributed by atoms with van der Waals surface area (Å²) in [5.74, 6) is -2.67. The number of carbonyl (C=O) groups is 5. The SMILES string of the molecule is Cn1cc(C(=O)N[C@@H]2C[C@@H](C(=O)N[C@@H](CCCCNC(=S)Nc3ccc4c(c3)C(=O)OC43c4ccc(O)cc4Oc4cc(O)ccc43)C(=O)O)N(C(=O)c3cnoc3C3CC3)C2)nn1. The zero-order chi connectivity index (χ0) is 44.9. The molecule has 3 atom stereocenters. The van der Waals surface area contributed by atoms with Crippen LogP contribution in [-0.2, 0) is 27.0 Å². The van der Waals surface area contributed by atoms with E-state index < -0.39 is 53.4 Å². The molecule has 64 heavy (non-hydrogen) atoms. The number of likely N-dealkylation sites (tertiary alicyclic amines) is 1. The van der Waals surface area contributed by atoms with Crippen LogP contribution in [0.4, 0.5) is 5.69 Å². The molecule has 7 N–H and O–H groups in total. The maximum atomic E-state index is 13.9. The number of thiocarbonyl (C=S) groups is 1. The summed E-state index contributed by atoms with van der Waals surface area (Å²) in [6, 6.07) is 11.1. The summed E-state index contributed by atoms with van der Waals surface area (Å²) >= 11 is 5.52. The molecule has 5 aromatic rings. The Morgan fingerprint density at radius 3 is 2.38 bits per heavy atom. The van der Waals surface area contributed by atoms with Crippen molar-refractivity contribution in [1.29, 1.82) is 0 Å². The second kappa shape index (κ2) is 16.6. The molecule has 21 heteroatoms. The molecule has 20 nitrogen and oxygen atoms in total. The number of aryl methyl sites for hydroxylation is 1. The van der Waals surface area contributed by atoms with Crippen LogP contribution in [0.25, 0.3) is 0 Å². The number of unbranched alkanes of at least 4 members (excludes halogenated alkanes) is 1. The van der Waals surface area contributed by atoms with Crippen molar-refractivity contribution in [2.45, 2.75) is 68.2 Å². The van der Waals surface area contributed by atoms with Gasteiger partial charge < -0.3 is 55.5 Å². The topological polar surface area (TPSA) is 273 Å². The molecule has 4 aliphatic rings. The normalized spacial score (nSPS) is 18.2. The van der Waals surface area contributed by atoms with Crippen LogP contribution in [0.1, 0.15) is 98.1 Å². The number of nitrogens with one attached hydrogen (secondary N) is 4. The number of carboxylic acid groups (broad SMARTS) is 1. The first-order valence-electron chi connectivity index (χ1n) is 20.5. The molecule has 1 saturated carbocycles. The predicted octanol–water partition coefficient (Wildman–Crippen LogP) is 3.40. The first kappa shape index (κ1) is 41.8. The Kier molecular flexibility index (Phi) is 10.9. The molecule has 3 aliphatic heterocycles. The van der Waals surface area contributed by atoms with Crippen molar-refractivity contribution in [2.75, 3.05) is 18.4 Å². The molecule has 9 rings (SSSR count). The first-order valence-corrected chi connectivity index (χ1v) is 20.9. The molecule has 3 aromatic carbocycles. The molecule has 2 aromatic heterocycles. The van der Waals surface area contributed by atoms with Crippen LogP contribution >= 0.6 is 12.2 Å². The average molecular weight is 892 g/mol. The minimum atomic E-state index is -1.41. The maximum Gasteiger partial charge on any atom is 0.340 e. The lowest BCUT2D eigenvalue weighted by atomic mass is 9.77. The highest BCUT2D eigenvalue weighted by atomic mass is 32.1. The highest BCUT2D eigenvalue weighted by molar-refractivity contribution is 7.80. The Balaban J connectivity index is 0.808. The number of rotatable bonds is 13. The number of aromatic nitrogens is 4. The van der Waals surface area contributed by atoms with Gasteiger partial charge in [0.1, 0.15) is 40.6 Å². The molecular weight excluding hydrogens is 851 g/mol. The first-order chi connectivity index (χ1) is 30.8. The molecule has 0 radical (unpaired) electrons. The Bertz CT molecular complexity index is 2680. The van der Waals surface area contributed by atoms with Crippen molar-refractivity contribution in [3.8, 4) is 23.0 Å². The third-order valence-electron chi connectivity index (χ3n) is 11.7. The van der Waals surface area contributed by atoms with E-state index in [2.05, 4.69) is 36.7 Å². The van der Waals surface area contributed by atoms with E-state index in [0.717, 1.165) is 12.8 Å². The third kappa shape index (κ3) is 7.89. The van der Waals surface area contributed by atoms with E-state index in [4.69, 9.17) is 26.2 Å². The van der Waals surface area contributed by atoms with Crippen molar-refractivity contribution >= 4 is 52.7 Å². The Morgan fingerprint density at radius 1 is 0.984 bits per heavy atom. The highest BCUT2D eigenvalue weighted by Crippen LogP contribution is 2.57. The van der Waals surface area contributed by atoms with Crippen LogP contribution in [0.2, 0.25) is 0 Å². The van der Waals surface area contributed by atoms with Gasteiger partial charge in [-0.2, -0.15) is 0 Å². The quantitative estimate of drug-likeness (QED) is 0.0507. The lowest BCUT2D eigenvalue weighted by molar-refractivity contribution is -0.142. The van der Waals surface area contributed by atoms with Gasteiger partial charge in [-0.15, -0.1) is 5.10 Å². The largest absolute Gasteiger partial charge is 0.508 e. The molecule has 1 saturated heterocycles. The summed E-state index contributed by atoms with van der Waals surface area (Å²) < 4.78 is 18.9.